The Morgan fingerprint density at radius 3 is 2.56 bits per heavy atom. The minimum absolute atomic E-state index is 0.0176. The van der Waals surface area contributed by atoms with E-state index in [2.05, 4.69) is 10.4 Å². The lowest BCUT2D eigenvalue weighted by atomic mass is 10.0. The summed E-state index contributed by atoms with van der Waals surface area (Å²) in [5.74, 6) is 0.577. The van der Waals surface area contributed by atoms with Crippen LogP contribution in [0.4, 0.5) is 5.69 Å². The van der Waals surface area contributed by atoms with Crippen molar-refractivity contribution in [2.75, 3.05) is 18.4 Å². The molecule has 0 saturated carbocycles. The maximum atomic E-state index is 13.2. The van der Waals surface area contributed by atoms with E-state index in [9.17, 15) is 9.59 Å². The number of anilines is 1. The molecule has 1 fully saturated rings. The number of hydrogen-bond acceptors (Lipinski definition) is 4. The number of halogens is 1. The van der Waals surface area contributed by atoms with Crippen LogP contribution in [0.15, 0.2) is 54.7 Å². The Morgan fingerprint density at radius 2 is 1.88 bits per heavy atom. The Kier molecular flexibility index (Phi) is 7.53. The first-order chi connectivity index (χ1) is 16.5. The average molecular weight is 481 g/mol. The highest BCUT2D eigenvalue weighted by atomic mass is 35.5. The maximum absolute atomic E-state index is 13.2. The van der Waals surface area contributed by atoms with Crippen LogP contribution in [-0.4, -0.2) is 39.6 Å². The van der Waals surface area contributed by atoms with E-state index in [1.54, 1.807) is 4.68 Å². The van der Waals surface area contributed by atoms with Crippen LogP contribution in [0, 0.1) is 6.92 Å². The van der Waals surface area contributed by atoms with Gasteiger partial charge in [-0.15, -0.1) is 0 Å². The summed E-state index contributed by atoms with van der Waals surface area (Å²) in [7, 11) is 0. The van der Waals surface area contributed by atoms with Crippen molar-refractivity contribution in [3.8, 4) is 5.75 Å². The molecule has 1 aliphatic rings. The summed E-state index contributed by atoms with van der Waals surface area (Å²) in [6.45, 7) is 5.57. The molecule has 2 amide bonds. The number of amides is 2. The third kappa shape index (κ3) is 5.42. The van der Waals surface area contributed by atoms with Crippen LogP contribution in [0.5, 0.6) is 5.75 Å². The number of likely N-dealkylation sites (tertiary alicyclic amines) is 1. The minimum atomic E-state index is -0.310. The standard InChI is InChI=1S/C26H29ClN4O3/c1-3-24(32)30-13-11-20(12-14-30)31-25(22(27)16-28-31)26(33)29-23-10-9-21(15-18(23)2)34-17-19-7-5-4-6-8-19/h4-10,15-16,20H,3,11-14,17H2,1-2H3,(H,29,33). The van der Waals surface area contributed by atoms with Gasteiger partial charge >= 0.3 is 0 Å². The molecule has 1 aliphatic heterocycles. The highest BCUT2D eigenvalue weighted by molar-refractivity contribution is 6.34. The van der Waals surface area contributed by atoms with E-state index in [4.69, 9.17) is 16.3 Å². The molecule has 34 heavy (non-hydrogen) atoms. The molecule has 0 unspecified atom stereocenters. The molecule has 0 spiro atoms. The molecular weight excluding hydrogens is 452 g/mol. The van der Waals surface area contributed by atoms with Crippen molar-refractivity contribution >= 4 is 29.1 Å². The van der Waals surface area contributed by atoms with Crippen molar-refractivity contribution in [2.45, 2.75) is 45.8 Å². The van der Waals surface area contributed by atoms with Crippen LogP contribution >= 0.6 is 11.6 Å². The summed E-state index contributed by atoms with van der Waals surface area (Å²) in [5.41, 5.74) is 2.99. The number of nitrogens with one attached hydrogen (secondary N) is 1. The summed E-state index contributed by atoms with van der Waals surface area (Å²) in [6, 6.07) is 15.5. The third-order valence-electron chi connectivity index (χ3n) is 6.13. The molecule has 8 heteroatoms. The fraction of sp³-hybridized carbons (Fsp3) is 0.346. The first kappa shape index (κ1) is 23.8. The van der Waals surface area contributed by atoms with Gasteiger partial charge in [0.1, 0.15) is 18.1 Å². The molecule has 0 bridgehead atoms. The van der Waals surface area contributed by atoms with Crippen LogP contribution in [-0.2, 0) is 11.4 Å². The highest BCUT2D eigenvalue weighted by Gasteiger charge is 2.28. The number of aryl methyl sites for hydroxylation is 1. The second-order valence-electron chi connectivity index (χ2n) is 8.46. The van der Waals surface area contributed by atoms with Crippen LogP contribution in [0.25, 0.3) is 0 Å². The van der Waals surface area contributed by atoms with E-state index in [1.807, 2.05) is 67.3 Å². The molecule has 0 radical (unpaired) electrons. The number of carbonyl (C=O) groups is 2. The van der Waals surface area contributed by atoms with Gasteiger partial charge < -0.3 is 15.0 Å². The Bertz CT molecular complexity index is 1150. The van der Waals surface area contributed by atoms with Gasteiger partial charge in [0, 0.05) is 25.2 Å². The number of carbonyl (C=O) groups excluding carboxylic acids is 2. The molecule has 3 aromatic rings. The molecule has 0 atom stereocenters. The average Bonchev–Trinajstić information content (AvgIpc) is 3.26. The molecule has 178 valence electrons. The van der Waals surface area contributed by atoms with Gasteiger partial charge in [-0.25, -0.2) is 0 Å². The quantitative estimate of drug-likeness (QED) is 0.501. The number of nitrogens with zero attached hydrogens (tertiary/aromatic N) is 3. The summed E-state index contributed by atoms with van der Waals surface area (Å²) in [4.78, 5) is 27.0. The van der Waals surface area contributed by atoms with Crippen molar-refractivity contribution in [3.63, 3.8) is 0 Å². The van der Waals surface area contributed by atoms with Gasteiger partial charge in [-0.2, -0.15) is 5.10 Å². The summed E-state index contributed by atoms with van der Waals surface area (Å²) < 4.78 is 7.59. The van der Waals surface area contributed by atoms with Gasteiger partial charge in [0.25, 0.3) is 5.91 Å². The molecule has 0 aliphatic carbocycles. The first-order valence-electron chi connectivity index (χ1n) is 11.6. The molecule has 2 aromatic carbocycles. The number of ether oxygens (including phenoxy) is 1. The van der Waals surface area contributed by atoms with E-state index in [0.29, 0.717) is 42.5 Å². The zero-order valence-corrected chi connectivity index (χ0v) is 20.2. The Balaban J connectivity index is 1.42. The number of rotatable bonds is 7. The number of hydrogen-bond donors (Lipinski definition) is 1. The van der Waals surface area contributed by atoms with Crippen molar-refractivity contribution in [2.24, 2.45) is 0 Å². The third-order valence-corrected chi connectivity index (χ3v) is 6.40. The van der Waals surface area contributed by atoms with Gasteiger partial charge in [0.05, 0.1) is 17.3 Å². The number of benzene rings is 2. The fourth-order valence-corrected chi connectivity index (χ4v) is 4.42. The van der Waals surface area contributed by atoms with Gasteiger partial charge in [-0.3, -0.25) is 14.3 Å². The molecule has 7 nitrogen and oxygen atoms in total. The minimum Gasteiger partial charge on any atom is -0.489 e. The lowest BCUT2D eigenvalue weighted by Gasteiger charge is -2.32. The zero-order chi connectivity index (χ0) is 24.1. The maximum Gasteiger partial charge on any atom is 0.275 e. The van der Waals surface area contributed by atoms with E-state index < -0.39 is 0 Å². The van der Waals surface area contributed by atoms with Crippen LogP contribution in [0.3, 0.4) is 0 Å². The normalized spacial score (nSPS) is 14.1. The second kappa shape index (κ2) is 10.7. The Labute approximate surface area is 204 Å². The summed E-state index contributed by atoms with van der Waals surface area (Å²) in [5, 5.41) is 7.66. The summed E-state index contributed by atoms with van der Waals surface area (Å²) >= 11 is 6.36. The topological polar surface area (TPSA) is 76.5 Å². The van der Waals surface area contributed by atoms with Crippen molar-refractivity contribution in [1.29, 1.82) is 0 Å². The zero-order valence-electron chi connectivity index (χ0n) is 19.5. The Morgan fingerprint density at radius 1 is 1.15 bits per heavy atom. The largest absolute Gasteiger partial charge is 0.489 e. The highest BCUT2D eigenvalue weighted by Crippen LogP contribution is 2.29. The van der Waals surface area contributed by atoms with Gasteiger partial charge in [-0.1, -0.05) is 48.9 Å². The molecule has 1 saturated heterocycles. The van der Waals surface area contributed by atoms with E-state index in [1.165, 1.54) is 6.20 Å². The van der Waals surface area contributed by atoms with Gasteiger partial charge in [0.15, 0.2) is 0 Å². The molecule has 4 rings (SSSR count). The Hall–Kier alpha value is -3.32. The van der Waals surface area contributed by atoms with E-state index in [0.717, 1.165) is 29.7 Å². The SMILES string of the molecule is CCC(=O)N1CCC(n2ncc(Cl)c2C(=O)Nc2ccc(OCc3ccccc3)cc2C)CC1. The monoisotopic (exact) mass is 480 g/mol. The second-order valence-corrected chi connectivity index (χ2v) is 8.86. The smallest absolute Gasteiger partial charge is 0.275 e. The summed E-state index contributed by atoms with van der Waals surface area (Å²) in [6.07, 6.45) is 3.47. The van der Waals surface area contributed by atoms with Crippen LogP contribution in [0.1, 0.15) is 53.8 Å². The molecular formula is C26H29ClN4O3. The fourth-order valence-electron chi connectivity index (χ4n) is 4.20. The van der Waals surface area contributed by atoms with Crippen LogP contribution in [0.2, 0.25) is 5.02 Å². The predicted octanol–water partition coefficient (Wildman–Crippen LogP) is 5.25. The molecule has 1 aromatic heterocycles. The predicted molar refractivity (Wildman–Crippen MR) is 132 cm³/mol. The van der Waals surface area contributed by atoms with Crippen LogP contribution < -0.4 is 10.1 Å². The van der Waals surface area contributed by atoms with E-state index in [-0.39, 0.29) is 17.9 Å². The van der Waals surface area contributed by atoms with E-state index >= 15 is 0 Å². The van der Waals surface area contributed by atoms with Crippen molar-refractivity contribution in [3.05, 3.63) is 76.6 Å². The lowest BCUT2D eigenvalue weighted by Crippen LogP contribution is -2.39. The van der Waals surface area contributed by atoms with Gasteiger partial charge in [0.2, 0.25) is 5.91 Å². The lowest BCUT2D eigenvalue weighted by molar-refractivity contribution is -0.132. The first-order valence-corrected chi connectivity index (χ1v) is 11.9. The number of piperidine rings is 1. The molecule has 1 N–H and O–H groups in total. The molecule has 2 heterocycles. The van der Waals surface area contributed by atoms with Crippen molar-refractivity contribution < 1.29 is 14.3 Å². The number of aromatic nitrogens is 2. The van der Waals surface area contributed by atoms with Gasteiger partial charge in [-0.05, 0) is 49.1 Å². The van der Waals surface area contributed by atoms with Crippen molar-refractivity contribution in [1.82, 2.24) is 14.7 Å².